The Morgan fingerprint density at radius 1 is 1.75 bits per heavy atom. The topological polar surface area (TPSA) is 35.5 Å². The summed E-state index contributed by atoms with van der Waals surface area (Å²) in [6.07, 6.45) is 2.28. The highest BCUT2D eigenvalue weighted by molar-refractivity contribution is 5.89. The van der Waals surface area contributed by atoms with Crippen LogP contribution in [-0.4, -0.2) is 18.4 Å². The van der Waals surface area contributed by atoms with E-state index >= 15 is 0 Å². The van der Waals surface area contributed by atoms with Crippen molar-refractivity contribution in [1.82, 2.24) is 0 Å². The summed E-state index contributed by atoms with van der Waals surface area (Å²) in [5.41, 5.74) is 0.628. The van der Waals surface area contributed by atoms with Gasteiger partial charge >= 0.3 is 5.97 Å². The van der Waals surface area contributed by atoms with Gasteiger partial charge < -0.3 is 9.47 Å². The van der Waals surface area contributed by atoms with Gasteiger partial charge in [-0.25, -0.2) is 4.79 Å². The highest BCUT2D eigenvalue weighted by atomic mass is 16.7. The van der Waals surface area contributed by atoms with Crippen molar-refractivity contribution in [3.63, 3.8) is 0 Å². The van der Waals surface area contributed by atoms with E-state index in [0.717, 1.165) is 6.42 Å². The van der Waals surface area contributed by atoms with Crippen LogP contribution in [0.1, 0.15) is 27.2 Å². The first kappa shape index (κ1) is 9.26. The molecule has 1 aliphatic heterocycles. The molecule has 2 unspecified atom stereocenters. The van der Waals surface area contributed by atoms with Crippen molar-refractivity contribution in [2.45, 2.75) is 39.6 Å². The SMILES string of the molecule is CCC(C)OC1C=C(C)C(=O)O1. The normalized spacial score (nSPS) is 25.1. The van der Waals surface area contributed by atoms with E-state index in [2.05, 4.69) is 0 Å². The third kappa shape index (κ3) is 2.08. The molecule has 0 bridgehead atoms. The van der Waals surface area contributed by atoms with Gasteiger partial charge in [-0.15, -0.1) is 0 Å². The third-order valence-electron chi connectivity index (χ3n) is 1.87. The zero-order valence-corrected chi connectivity index (χ0v) is 7.66. The number of hydrogen-bond acceptors (Lipinski definition) is 3. The van der Waals surface area contributed by atoms with Crippen molar-refractivity contribution in [2.75, 3.05) is 0 Å². The fraction of sp³-hybridized carbons (Fsp3) is 0.667. The minimum Gasteiger partial charge on any atom is -0.429 e. The number of carbonyl (C=O) groups is 1. The number of ether oxygens (including phenoxy) is 2. The van der Waals surface area contributed by atoms with E-state index in [9.17, 15) is 4.79 Å². The molecule has 0 aliphatic carbocycles. The molecule has 0 aromatic rings. The van der Waals surface area contributed by atoms with Crippen molar-refractivity contribution < 1.29 is 14.3 Å². The predicted molar refractivity (Wildman–Crippen MR) is 44.5 cm³/mol. The number of rotatable bonds is 3. The summed E-state index contributed by atoms with van der Waals surface area (Å²) < 4.78 is 10.3. The summed E-state index contributed by atoms with van der Waals surface area (Å²) in [7, 11) is 0. The van der Waals surface area contributed by atoms with Gasteiger partial charge in [0.05, 0.1) is 6.10 Å². The molecule has 12 heavy (non-hydrogen) atoms. The van der Waals surface area contributed by atoms with Gasteiger partial charge in [0.15, 0.2) is 0 Å². The largest absolute Gasteiger partial charge is 0.429 e. The lowest BCUT2D eigenvalue weighted by atomic mass is 10.3. The van der Waals surface area contributed by atoms with Crippen molar-refractivity contribution in [3.8, 4) is 0 Å². The fourth-order valence-corrected chi connectivity index (χ4v) is 0.897. The molecule has 0 saturated heterocycles. The Morgan fingerprint density at radius 2 is 2.42 bits per heavy atom. The lowest BCUT2D eigenvalue weighted by Crippen LogP contribution is -2.18. The molecular weight excluding hydrogens is 156 g/mol. The molecule has 0 aromatic heterocycles. The second-order valence-electron chi connectivity index (χ2n) is 2.98. The van der Waals surface area contributed by atoms with Crippen LogP contribution in [-0.2, 0) is 14.3 Å². The molecule has 68 valence electrons. The van der Waals surface area contributed by atoms with Crippen LogP contribution in [0.5, 0.6) is 0 Å². The van der Waals surface area contributed by atoms with Crippen LogP contribution in [0, 0.1) is 0 Å². The summed E-state index contributed by atoms with van der Waals surface area (Å²) in [5.74, 6) is -0.275. The van der Waals surface area contributed by atoms with E-state index in [-0.39, 0.29) is 12.1 Å². The molecular formula is C9H14O3. The predicted octanol–water partition coefficient (Wildman–Crippen LogP) is 1.63. The average Bonchev–Trinajstić information content (AvgIpc) is 2.31. The molecule has 1 heterocycles. The second-order valence-corrected chi connectivity index (χ2v) is 2.98. The van der Waals surface area contributed by atoms with Gasteiger partial charge in [0.1, 0.15) is 0 Å². The van der Waals surface area contributed by atoms with Crippen LogP contribution in [0.15, 0.2) is 11.6 Å². The summed E-state index contributed by atoms with van der Waals surface area (Å²) in [5, 5.41) is 0. The molecule has 0 aromatic carbocycles. The molecule has 1 aliphatic rings. The van der Waals surface area contributed by atoms with E-state index in [4.69, 9.17) is 9.47 Å². The van der Waals surface area contributed by atoms with Crippen molar-refractivity contribution >= 4 is 5.97 Å². The maximum atomic E-state index is 10.9. The minimum absolute atomic E-state index is 0.130. The molecule has 0 N–H and O–H groups in total. The van der Waals surface area contributed by atoms with Gasteiger partial charge in [0.2, 0.25) is 6.29 Å². The van der Waals surface area contributed by atoms with Crippen LogP contribution in [0.3, 0.4) is 0 Å². The van der Waals surface area contributed by atoms with Crippen LogP contribution in [0.2, 0.25) is 0 Å². The smallest absolute Gasteiger partial charge is 0.336 e. The van der Waals surface area contributed by atoms with E-state index < -0.39 is 6.29 Å². The molecule has 3 nitrogen and oxygen atoms in total. The Bertz CT molecular complexity index is 208. The Hall–Kier alpha value is -0.830. The zero-order valence-electron chi connectivity index (χ0n) is 7.66. The Balaban J connectivity index is 2.42. The molecule has 0 spiro atoms. The molecule has 3 heteroatoms. The van der Waals surface area contributed by atoms with Crippen LogP contribution < -0.4 is 0 Å². The average molecular weight is 170 g/mol. The van der Waals surface area contributed by atoms with Gasteiger partial charge in [-0.3, -0.25) is 0 Å². The molecule has 0 amide bonds. The molecule has 0 fully saturated rings. The minimum atomic E-state index is -0.465. The summed E-state index contributed by atoms with van der Waals surface area (Å²) in [4.78, 5) is 10.9. The lowest BCUT2D eigenvalue weighted by Gasteiger charge is -2.14. The van der Waals surface area contributed by atoms with Gasteiger partial charge in [0, 0.05) is 5.57 Å². The van der Waals surface area contributed by atoms with E-state index in [1.807, 2.05) is 13.8 Å². The molecule has 1 rings (SSSR count). The van der Waals surface area contributed by atoms with E-state index in [1.165, 1.54) is 0 Å². The summed E-state index contributed by atoms with van der Waals surface area (Å²) >= 11 is 0. The van der Waals surface area contributed by atoms with Crippen molar-refractivity contribution in [3.05, 3.63) is 11.6 Å². The van der Waals surface area contributed by atoms with Crippen molar-refractivity contribution in [2.24, 2.45) is 0 Å². The summed E-state index contributed by atoms with van der Waals surface area (Å²) in [6, 6.07) is 0. The van der Waals surface area contributed by atoms with Gasteiger partial charge in [-0.05, 0) is 26.3 Å². The maximum absolute atomic E-state index is 10.9. The Labute approximate surface area is 72.4 Å². The molecule has 2 atom stereocenters. The van der Waals surface area contributed by atoms with Gasteiger partial charge in [-0.1, -0.05) is 6.92 Å². The van der Waals surface area contributed by atoms with Gasteiger partial charge in [-0.2, -0.15) is 0 Å². The monoisotopic (exact) mass is 170 g/mol. The number of cyclic esters (lactones) is 1. The van der Waals surface area contributed by atoms with E-state index in [0.29, 0.717) is 5.57 Å². The number of esters is 1. The van der Waals surface area contributed by atoms with E-state index in [1.54, 1.807) is 13.0 Å². The molecule has 0 radical (unpaired) electrons. The van der Waals surface area contributed by atoms with Crippen molar-refractivity contribution in [1.29, 1.82) is 0 Å². The Kier molecular flexibility index (Phi) is 2.87. The van der Waals surface area contributed by atoms with Gasteiger partial charge in [0.25, 0.3) is 0 Å². The highest BCUT2D eigenvalue weighted by Gasteiger charge is 2.23. The number of hydrogen-bond donors (Lipinski definition) is 0. The second kappa shape index (κ2) is 3.72. The first-order chi connectivity index (χ1) is 5.63. The quantitative estimate of drug-likeness (QED) is 0.604. The maximum Gasteiger partial charge on any atom is 0.336 e. The lowest BCUT2D eigenvalue weighted by molar-refractivity contribution is -0.165. The first-order valence-corrected chi connectivity index (χ1v) is 4.18. The van der Waals surface area contributed by atoms with Crippen LogP contribution >= 0.6 is 0 Å². The first-order valence-electron chi connectivity index (χ1n) is 4.18. The summed E-state index contributed by atoms with van der Waals surface area (Å²) in [6.45, 7) is 5.70. The van der Waals surface area contributed by atoms with Crippen LogP contribution in [0.25, 0.3) is 0 Å². The Morgan fingerprint density at radius 3 is 2.83 bits per heavy atom. The number of carbonyl (C=O) groups excluding carboxylic acids is 1. The fourth-order valence-electron chi connectivity index (χ4n) is 0.897. The molecule has 0 saturated carbocycles. The van der Waals surface area contributed by atoms with Crippen LogP contribution in [0.4, 0.5) is 0 Å². The standard InChI is InChI=1S/C9H14O3/c1-4-7(3)11-8-5-6(2)9(10)12-8/h5,7-8H,4H2,1-3H3. The zero-order chi connectivity index (χ0) is 9.14. The third-order valence-corrected chi connectivity index (χ3v) is 1.87. The highest BCUT2D eigenvalue weighted by Crippen LogP contribution is 2.15.